The molecule has 0 saturated carbocycles. The van der Waals surface area contributed by atoms with Crippen molar-refractivity contribution in [2.75, 3.05) is 5.75 Å². The molecule has 2 bridgehead atoms. The Morgan fingerprint density at radius 1 is 0.889 bits per heavy atom. The summed E-state index contributed by atoms with van der Waals surface area (Å²) in [5, 5.41) is 2.33. The van der Waals surface area contributed by atoms with Gasteiger partial charge in [0.15, 0.2) is 19.7 Å². The van der Waals surface area contributed by atoms with Crippen molar-refractivity contribution in [3.63, 3.8) is 0 Å². The molecule has 3 aromatic carbocycles. The molecule has 4 atom stereocenters. The first kappa shape index (κ1) is 34.1. The van der Waals surface area contributed by atoms with Crippen LogP contribution < -0.4 is 10.4 Å². The number of fused-ring (bicyclic) bond motifs is 2. The number of benzene rings is 3. The second-order valence-corrected chi connectivity index (χ2v) is 23.6. The molecule has 45 heavy (non-hydrogen) atoms. The van der Waals surface area contributed by atoms with Crippen LogP contribution in [0.1, 0.15) is 54.4 Å². The highest BCUT2D eigenvalue weighted by Crippen LogP contribution is 2.49. The Morgan fingerprint density at radius 3 is 1.93 bits per heavy atom. The van der Waals surface area contributed by atoms with E-state index in [1.54, 1.807) is 11.8 Å². The van der Waals surface area contributed by atoms with Gasteiger partial charge < -0.3 is 13.6 Å². The Hall–Kier alpha value is -2.27. The summed E-state index contributed by atoms with van der Waals surface area (Å²) in [6.45, 7) is 13.6. The fourth-order valence-corrected chi connectivity index (χ4v) is 15.6. The van der Waals surface area contributed by atoms with Gasteiger partial charge in [-0.1, -0.05) is 133 Å². The van der Waals surface area contributed by atoms with Crippen LogP contribution in [0.3, 0.4) is 0 Å². The minimum Gasteiger partial charge on any atom is -0.407 e. The number of thioether (sulfide) groups is 1. The number of carbonyl (C=O) groups is 1. The van der Waals surface area contributed by atoms with Gasteiger partial charge in [-0.15, -0.1) is 11.8 Å². The van der Waals surface area contributed by atoms with E-state index >= 15 is 0 Å². The third-order valence-corrected chi connectivity index (χ3v) is 20.7. The van der Waals surface area contributed by atoms with Gasteiger partial charge in [-0.25, -0.2) is 0 Å². The van der Waals surface area contributed by atoms with Crippen LogP contribution in [0, 0.1) is 0 Å². The van der Waals surface area contributed by atoms with E-state index in [2.05, 4.69) is 139 Å². The van der Waals surface area contributed by atoms with Gasteiger partial charge in [-0.05, 0) is 45.7 Å². The lowest BCUT2D eigenvalue weighted by atomic mass is 9.81. The van der Waals surface area contributed by atoms with Crippen molar-refractivity contribution in [3.8, 4) is 0 Å². The predicted octanol–water partition coefficient (Wildman–Crippen LogP) is 8.17. The third kappa shape index (κ3) is 6.76. The molecule has 2 aliphatic heterocycles. The molecule has 0 spiro atoms. The average Bonchev–Trinajstić information content (AvgIpc) is 3.59. The van der Waals surface area contributed by atoms with E-state index in [0.29, 0.717) is 12.8 Å². The molecule has 2 heterocycles. The highest BCUT2D eigenvalue weighted by molar-refractivity contribution is 7.99. The van der Waals surface area contributed by atoms with Crippen LogP contribution >= 0.6 is 11.8 Å². The lowest BCUT2D eigenvalue weighted by molar-refractivity contribution is -0.137. The number of Topliss-reactive ketones (excluding diaryl/α,β-unsaturated/α-hetero) is 1. The van der Waals surface area contributed by atoms with Gasteiger partial charge in [0.05, 0.1) is 18.3 Å². The normalized spacial score (nSPS) is 22.8. The van der Waals surface area contributed by atoms with Crippen molar-refractivity contribution >= 4 is 44.6 Å². The smallest absolute Gasteiger partial charge is 0.261 e. The summed E-state index contributed by atoms with van der Waals surface area (Å²) < 4.78 is 21.6. The number of ether oxygens (including phenoxy) is 1. The molecule has 0 unspecified atom stereocenters. The van der Waals surface area contributed by atoms with Crippen LogP contribution in [0.2, 0.25) is 23.2 Å². The van der Waals surface area contributed by atoms with Gasteiger partial charge in [0.2, 0.25) is 0 Å². The first-order valence-corrected chi connectivity index (χ1v) is 22.1. The van der Waals surface area contributed by atoms with Crippen LogP contribution in [0.5, 0.6) is 0 Å². The summed E-state index contributed by atoms with van der Waals surface area (Å²) in [5.74, 6) is 0.963. The van der Waals surface area contributed by atoms with Crippen LogP contribution in [0.25, 0.3) is 0 Å². The van der Waals surface area contributed by atoms with Gasteiger partial charge in [-0.2, -0.15) is 0 Å². The van der Waals surface area contributed by atoms with E-state index in [9.17, 15) is 4.79 Å². The fourth-order valence-electron chi connectivity index (χ4n) is 7.31. The molecule has 0 N–H and O–H groups in total. The van der Waals surface area contributed by atoms with Crippen molar-refractivity contribution in [1.29, 1.82) is 0 Å². The van der Waals surface area contributed by atoms with E-state index in [-0.39, 0.29) is 23.0 Å². The molecular formula is C38H50O4SSi2. The Labute approximate surface area is 277 Å². The Kier molecular flexibility index (Phi) is 10.8. The number of hydrogen-bond donors (Lipinski definition) is 0. The molecule has 2 aliphatic rings. The number of hydrogen-bond acceptors (Lipinski definition) is 5. The molecule has 3 aromatic rings. The van der Waals surface area contributed by atoms with Crippen molar-refractivity contribution in [1.82, 2.24) is 0 Å². The van der Waals surface area contributed by atoms with Crippen molar-refractivity contribution < 1.29 is 18.4 Å². The lowest BCUT2D eigenvalue weighted by Gasteiger charge is -2.46. The Bertz CT molecular complexity index is 1370. The number of ketones is 1. The number of carbonyl (C=O) groups excluding carboxylic acids is 1. The summed E-state index contributed by atoms with van der Waals surface area (Å²) in [6.07, 6.45) is 4.30. The summed E-state index contributed by atoms with van der Waals surface area (Å²) in [5.41, 5.74) is -1.02. The van der Waals surface area contributed by atoms with Gasteiger partial charge in [0.1, 0.15) is 0 Å². The van der Waals surface area contributed by atoms with E-state index < -0.39 is 28.3 Å². The van der Waals surface area contributed by atoms with Crippen molar-refractivity contribution in [3.05, 3.63) is 103 Å². The van der Waals surface area contributed by atoms with E-state index in [4.69, 9.17) is 13.6 Å². The second-order valence-electron chi connectivity index (χ2n) is 13.5. The molecule has 240 valence electrons. The first-order chi connectivity index (χ1) is 21.6. The lowest BCUT2D eigenvalue weighted by Crippen LogP contribution is -2.68. The summed E-state index contributed by atoms with van der Waals surface area (Å²) in [6, 6.07) is 35.0. The standard InChI is InChI=1S/C38H50O4SSi2/c1-7-44(8-2,9-3)42-36(26-19-27-43-30-20-13-10-14-21-30)38-29-34(33(40-38)28-35(38)39)41-45(37(4,5)6,31-22-15-11-16-23-31)32-24-17-12-18-25-32/h10-26,33-34,36H,7-9,27-29H2,1-6H3/b26-19+/t33-,34+,36+,38-/m1/s1. The maximum atomic E-state index is 14.0. The van der Waals surface area contributed by atoms with Gasteiger partial charge >= 0.3 is 0 Å². The molecule has 0 radical (unpaired) electrons. The molecule has 0 aromatic heterocycles. The average molecular weight is 659 g/mol. The summed E-state index contributed by atoms with van der Waals surface area (Å²) in [7, 11) is -4.90. The van der Waals surface area contributed by atoms with Crippen LogP contribution in [0.4, 0.5) is 0 Å². The monoisotopic (exact) mass is 658 g/mol. The maximum absolute atomic E-state index is 14.0. The van der Waals surface area contributed by atoms with Gasteiger partial charge in [0.25, 0.3) is 8.32 Å². The van der Waals surface area contributed by atoms with Gasteiger partial charge in [0, 0.05) is 23.5 Å². The van der Waals surface area contributed by atoms with E-state index in [1.165, 1.54) is 15.3 Å². The van der Waals surface area contributed by atoms with E-state index in [1.807, 2.05) is 6.07 Å². The van der Waals surface area contributed by atoms with Crippen LogP contribution in [0.15, 0.2) is 108 Å². The zero-order chi connectivity index (χ0) is 32.1. The van der Waals surface area contributed by atoms with Crippen LogP contribution in [-0.4, -0.2) is 52.1 Å². The van der Waals surface area contributed by atoms with Crippen LogP contribution in [-0.2, 0) is 18.4 Å². The molecule has 7 heteroatoms. The molecule has 5 rings (SSSR count). The highest BCUT2D eigenvalue weighted by Gasteiger charge is 2.65. The predicted molar refractivity (Wildman–Crippen MR) is 193 cm³/mol. The topological polar surface area (TPSA) is 44.8 Å². The summed E-state index contributed by atoms with van der Waals surface area (Å²) >= 11 is 1.79. The quantitative estimate of drug-likeness (QED) is 0.0994. The third-order valence-electron chi connectivity index (χ3n) is 10.1. The minimum atomic E-state index is -2.82. The summed E-state index contributed by atoms with van der Waals surface area (Å²) in [4.78, 5) is 15.2. The molecule has 2 fully saturated rings. The molecule has 4 nitrogen and oxygen atoms in total. The van der Waals surface area contributed by atoms with Crippen molar-refractivity contribution in [2.24, 2.45) is 0 Å². The molecule has 2 saturated heterocycles. The Morgan fingerprint density at radius 2 is 1.42 bits per heavy atom. The zero-order valence-electron chi connectivity index (χ0n) is 27.8. The first-order valence-electron chi connectivity index (χ1n) is 16.7. The fraction of sp³-hybridized carbons (Fsp3) is 0.447. The zero-order valence-corrected chi connectivity index (χ0v) is 30.6. The van der Waals surface area contributed by atoms with Crippen molar-refractivity contribution in [2.45, 2.75) is 106 Å². The van der Waals surface area contributed by atoms with E-state index in [0.717, 1.165) is 23.9 Å². The molecule has 0 aliphatic carbocycles. The Balaban J connectivity index is 1.50. The number of rotatable bonds is 14. The largest absolute Gasteiger partial charge is 0.407 e. The molecule has 0 amide bonds. The highest BCUT2D eigenvalue weighted by atomic mass is 32.2. The molecular weight excluding hydrogens is 609 g/mol. The maximum Gasteiger partial charge on any atom is 0.261 e. The second kappa shape index (κ2) is 14.2. The SMILES string of the molecule is CC[Si](CC)(CC)O[C@@H](/C=C/CSc1ccccc1)[C@@]12C[C@H](O[Si](c3ccccc3)(c3ccccc3)C(C)(C)C)[C@@H](CC1=O)O2. The van der Waals surface area contributed by atoms with Gasteiger partial charge in [-0.3, -0.25) is 4.79 Å². The minimum absolute atomic E-state index is 0.159.